The van der Waals surface area contributed by atoms with E-state index in [1.165, 1.54) is 0 Å². The number of amides is 1. The van der Waals surface area contributed by atoms with Crippen molar-refractivity contribution in [3.8, 4) is 0 Å². The SMILES string of the molecule is Cc1ccc(C(C)NCC(=O)Nc2ccccc2)o1. The molecule has 1 heterocycles. The molecule has 2 N–H and O–H groups in total. The Balaban J connectivity index is 1.80. The van der Waals surface area contributed by atoms with Gasteiger partial charge in [0.25, 0.3) is 0 Å². The Morgan fingerprint density at radius 2 is 1.95 bits per heavy atom. The summed E-state index contributed by atoms with van der Waals surface area (Å²) in [5, 5.41) is 5.95. The largest absolute Gasteiger partial charge is 0.465 e. The van der Waals surface area contributed by atoms with Crippen LogP contribution in [-0.2, 0) is 4.79 Å². The first-order chi connectivity index (χ1) is 9.15. The molecule has 1 aromatic heterocycles. The summed E-state index contributed by atoms with van der Waals surface area (Å²) in [6, 6.07) is 13.2. The highest BCUT2D eigenvalue weighted by molar-refractivity contribution is 5.92. The predicted molar refractivity (Wildman–Crippen MR) is 74.9 cm³/mol. The van der Waals surface area contributed by atoms with Gasteiger partial charge in [-0.25, -0.2) is 0 Å². The van der Waals surface area contributed by atoms with Crippen molar-refractivity contribution in [3.63, 3.8) is 0 Å². The van der Waals surface area contributed by atoms with Crippen molar-refractivity contribution in [2.75, 3.05) is 11.9 Å². The molecule has 0 fully saturated rings. The maximum atomic E-state index is 11.7. The topological polar surface area (TPSA) is 54.3 Å². The van der Waals surface area contributed by atoms with E-state index in [1.54, 1.807) is 0 Å². The van der Waals surface area contributed by atoms with Crippen molar-refractivity contribution in [2.45, 2.75) is 19.9 Å². The summed E-state index contributed by atoms with van der Waals surface area (Å²) >= 11 is 0. The van der Waals surface area contributed by atoms with Gasteiger partial charge in [0.2, 0.25) is 5.91 Å². The number of nitrogens with one attached hydrogen (secondary N) is 2. The van der Waals surface area contributed by atoms with Gasteiger partial charge >= 0.3 is 0 Å². The van der Waals surface area contributed by atoms with E-state index in [4.69, 9.17) is 4.42 Å². The van der Waals surface area contributed by atoms with Crippen LogP contribution in [0.4, 0.5) is 5.69 Å². The zero-order valence-electron chi connectivity index (χ0n) is 11.1. The van der Waals surface area contributed by atoms with Gasteiger partial charge in [-0.1, -0.05) is 18.2 Å². The van der Waals surface area contributed by atoms with Crippen molar-refractivity contribution < 1.29 is 9.21 Å². The highest BCUT2D eigenvalue weighted by Gasteiger charge is 2.10. The van der Waals surface area contributed by atoms with E-state index in [1.807, 2.05) is 56.3 Å². The Labute approximate surface area is 112 Å². The number of rotatable bonds is 5. The zero-order valence-corrected chi connectivity index (χ0v) is 11.1. The molecule has 1 aromatic carbocycles. The van der Waals surface area contributed by atoms with Gasteiger partial charge in [-0.3, -0.25) is 10.1 Å². The first kappa shape index (κ1) is 13.4. The van der Waals surface area contributed by atoms with Crippen LogP contribution in [0, 0.1) is 6.92 Å². The molecule has 0 saturated heterocycles. The molecule has 4 heteroatoms. The van der Waals surface area contributed by atoms with E-state index < -0.39 is 0 Å². The lowest BCUT2D eigenvalue weighted by Gasteiger charge is -2.11. The minimum atomic E-state index is -0.0682. The van der Waals surface area contributed by atoms with E-state index in [-0.39, 0.29) is 18.5 Å². The molecule has 0 radical (unpaired) electrons. The Morgan fingerprint density at radius 3 is 2.58 bits per heavy atom. The van der Waals surface area contributed by atoms with Crippen molar-refractivity contribution in [1.29, 1.82) is 0 Å². The molecule has 0 aliphatic carbocycles. The molecule has 19 heavy (non-hydrogen) atoms. The van der Waals surface area contributed by atoms with E-state index in [9.17, 15) is 4.79 Å². The van der Waals surface area contributed by atoms with Gasteiger partial charge in [0.15, 0.2) is 0 Å². The number of furan rings is 1. The molecule has 1 unspecified atom stereocenters. The smallest absolute Gasteiger partial charge is 0.238 e. The summed E-state index contributed by atoms with van der Waals surface area (Å²) in [5.41, 5.74) is 0.802. The molecular formula is C15H18N2O2. The number of carbonyl (C=O) groups excluding carboxylic acids is 1. The van der Waals surface area contributed by atoms with Crippen LogP contribution in [0.25, 0.3) is 0 Å². The van der Waals surface area contributed by atoms with Crippen LogP contribution in [-0.4, -0.2) is 12.5 Å². The highest BCUT2D eigenvalue weighted by Crippen LogP contribution is 2.15. The van der Waals surface area contributed by atoms with Gasteiger partial charge in [-0.05, 0) is 38.1 Å². The fourth-order valence-corrected chi connectivity index (χ4v) is 1.76. The van der Waals surface area contributed by atoms with Gasteiger partial charge in [0.1, 0.15) is 11.5 Å². The maximum absolute atomic E-state index is 11.7. The molecule has 1 atom stereocenters. The molecule has 4 nitrogen and oxygen atoms in total. The first-order valence-electron chi connectivity index (χ1n) is 6.30. The van der Waals surface area contributed by atoms with Gasteiger partial charge in [-0.2, -0.15) is 0 Å². The molecule has 0 saturated carbocycles. The fourth-order valence-electron chi connectivity index (χ4n) is 1.76. The molecule has 2 aromatic rings. The molecule has 0 bridgehead atoms. The lowest BCUT2D eigenvalue weighted by atomic mass is 10.2. The molecule has 0 aliphatic rings. The zero-order chi connectivity index (χ0) is 13.7. The third-order valence-electron chi connectivity index (χ3n) is 2.81. The van der Waals surface area contributed by atoms with Gasteiger partial charge in [-0.15, -0.1) is 0 Å². The van der Waals surface area contributed by atoms with Crippen LogP contribution in [0.2, 0.25) is 0 Å². The van der Waals surface area contributed by atoms with E-state index in [0.29, 0.717) is 0 Å². The maximum Gasteiger partial charge on any atom is 0.238 e. The van der Waals surface area contributed by atoms with Crippen molar-refractivity contribution in [1.82, 2.24) is 5.32 Å². The van der Waals surface area contributed by atoms with Gasteiger partial charge in [0, 0.05) is 5.69 Å². The molecule has 0 aliphatic heterocycles. The van der Waals surface area contributed by atoms with E-state index >= 15 is 0 Å². The average molecular weight is 258 g/mol. The van der Waals surface area contributed by atoms with Crippen LogP contribution >= 0.6 is 0 Å². The first-order valence-corrected chi connectivity index (χ1v) is 6.30. The summed E-state index contributed by atoms with van der Waals surface area (Å²) in [6.07, 6.45) is 0. The number of carbonyl (C=O) groups is 1. The van der Waals surface area contributed by atoms with Crippen LogP contribution < -0.4 is 10.6 Å². The minimum Gasteiger partial charge on any atom is -0.465 e. The second kappa shape index (κ2) is 6.20. The second-order valence-corrected chi connectivity index (χ2v) is 4.47. The third-order valence-corrected chi connectivity index (χ3v) is 2.81. The fraction of sp³-hybridized carbons (Fsp3) is 0.267. The highest BCUT2D eigenvalue weighted by atomic mass is 16.3. The summed E-state index contributed by atoms with van der Waals surface area (Å²) in [6.45, 7) is 4.11. The van der Waals surface area contributed by atoms with Crippen LogP contribution in [0.3, 0.4) is 0 Å². The van der Waals surface area contributed by atoms with Crippen LogP contribution in [0.15, 0.2) is 46.9 Å². The minimum absolute atomic E-state index is 0.00947. The van der Waals surface area contributed by atoms with Crippen LogP contribution in [0.5, 0.6) is 0 Å². The Hall–Kier alpha value is -2.07. The number of anilines is 1. The second-order valence-electron chi connectivity index (χ2n) is 4.47. The summed E-state index contributed by atoms with van der Waals surface area (Å²) < 4.78 is 5.50. The summed E-state index contributed by atoms with van der Waals surface area (Å²) in [5.74, 6) is 1.64. The Morgan fingerprint density at radius 1 is 1.21 bits per heavy atom. The van der Waals surface area contributed by atoms with E-state index in [2.05, 4.69) is 10.6 Å². The van der Waals surface area contributed by atoms with E-state index in [0.717, 1.165) is 17.2 Å². The molecule has 0 spiro atoms. The summed E-state index contributed by atoms with van der Waals surface area (Å²) in [4.78, 5) is 11.7. The Kier molecular flexibility index (Phi) is 4.36. The van der Waals surface area contributed by atoms with Gasteiger partial charge < -0.3 is 9.73 Å². The van der Waals surface area contributed by atoms with Gasteiger partial charge in [0.05, 0.1) is 12.6 Å². The van der Waals surface area contributed by atoms with Crippen molar-refractivity contribution >= 4 is 11.6 Å². The number of aryl methyl sites for hydroxylation is 1. The number of benzene rings is 1. The van der Waals surface area contributed by atoms with Crippen molar-refractivity contribution in [3.05, 3.63) is 54.0 Å². The third kappa shape index (κ3) is 3.96. The van der Waals surface area contributed by atoms with Crippen molar-refractivity contribution in [2.24, 2.45) is 0 Å². The summed E-state index contributed by atoms with van der Waals surface area (Å²) in [7, 11) is 0. The Bertz CT molecular complexity index is 534. The molecule has 1 amide bonds. The lowest BCUT2D eigenvalue weighted by Crippen LogP contribution is -2.29. The lowest BCUT2D eigenvalue weighted by molar-refractivity contribution is -0.115. The number of hydrogen-bond acceptors (Lipinski definition) is 3. The normalized spacial score (nSPS) is 12.1. The molecular weight excluding hydrogens is 240 g/mol. The molecule has 2 rings (SSSR count). The number of para-hydroxylation sites is 1. The average Bonchev–Trinajstić information content (AvgIpc) is 2.84. The predicted octanol–water partition coefficient (Wildman–Crippen LogP) is 2.88. The quantitative estimate of drug-likeness (QED) is 0.867. The standard InChI is InChI=1S/C15H18N2O2/c1-11-8-9-14(19-11)12(2)16-10-15(18)17-13-6-4-3-5-7-13/h3-9,12,16H,10H2,1-2H3,(H,17,18). The monoisotopic (exact) mass is 258 g/mol. The number of hydrogen-bond donors (Lipinski definition) is 2. The van der Waals surface area contributed by atoms with Crippen LogP contribution in [0.1, 0.15) is 24.5 Å². The molecule has 100 valence electrons.